The van der Waals surface area contributed by atoms with Gasteiger partial charge < -0.3 is 9.05 Å². The first-order valence-corrected chi connectivity index (χ1v) is 25.9. The van der Waals surface area contributed by atoms with Gasteiger partial charge in [0.15, 0.2) is 0 Å². The van der Waals surface area contributed by atoms with Gasteiger partial charge >= 0.3 is 7.60 Å². The average Bonchev–Trinajstić information content (AvgIpc) is 2.23. The zero-order valence-corrected chi connectivity index (χ0v) is 22.1. The fourth-order valence-electron chi connectivity index (χ4n) is 4.81. The van der Waals surface area contributed by atoms with Gasteiger partial charge in [-0.15, -0.1) is 0 Å². The first kappa shape index (κ1) is 23.8. The van der Waals surface area contributed by atoms with E-state index in [4.69, 9.17) is 9.05 Å². The van der Waals surface area contributed by atoms with E-state index in [9.17, 15) is 4.57 Å². The lowest BCUT2D eigenvalue weighted by molar-refractivity contribution is 0.229. The maximum atomic E-state index is 13.0. The molecular weight excluding hydrogens is 371 g/mol. The van der Waals surface area contributed by atoms with Crippen molar-refractivity contribution in [2.45, 2.75) is 72.8 Å². The number of rotatable bonds is 9. The second kappa shape index (κ2) is 7.97. The van der Waals surface area contributed by atoms with Crippen LogP contribution < -0.4 is 0 Å². The van der Waals surface area contributed by atoms with Crippen molar-refractivity contribution in [1.29, 1.82) is 0 Å². The largest absolute Gasteiger partial charge is 0.353 e. The lowest BCUT2D eigenvalue weighted by Crippen LogP contribution is -2.81. The topological polar surface area (TPSA) is 35.5 Å². The molecule has 0 aliphatic rings. The summed E-state index contributed by atoms with van der Waals surface area (Å²) in [7, 11) is -7.33. The fraction of sp³-hybridized carbons (Fsp3) is 0.867. The smallest absolute Gasteiger partial charge is 0.306 e. The first-order valence-electron chi connectivity index (χ1n) is 8.67. The van der Waals surface area contributed by atoms with E-state index in [0.717, 1.165) is 0 Å². The van der Waals surface area contributed by atoms with Gasteiger partial charge in [-0.05, 0) is 13.8 Å². The Hall–Kier alpha value is 0.758. The molecule has 0 radical (unpaired) electrons. The maximum Gasteiger partial charge on any atom is 0.353 e. The molecule has 0 aromatic heterocycles. The summed E-state index contributed by atoms with van der Waals surface area (Å²) in [6.45, 7) is 25.6. The van der Waals surface area contributed by atoms with E-state index in [2.05, 4.69) is 64.6 Å². The van der Waals surface area contributed by atoms with Gasteiger partial charge in [0.25, 0.3) is 0 Å². The second-order valence-electron chi connectivity index (χ2n) is 9.25. The van der Waals surface area contributed by atoms with E-state index in [0.29, 0.717) is 13.2 Å². The molecule has 0 unspecified atom stereocenters. The minimum atomic E-state index is -3.10. The van der Waals surface area contributed by atoms with Crippen LogP contribution in [0.3, 0.4) is 0 Å². The van der Waals surface area contributed by atoms with Crippen LogP contribution in [0, 0.1) is 0 Å². The summed E-state index contributed by atoms with van der Waals surface area (Å²) in [6, 6.07) is 0. The Labute approximate surface area is 148 Å². The van der Waals surface area contributed by atoms with Crippen LogP contribution in [-0.2, 0) is 13.6 Å². The maximum absolute atomic E-state index is 13.0. The van der Waals surface area contributed by atoms with Gasteiger partial charge in [-0.2, -0.15) is 0 Å². The van der Waals surface area contributed by atoms with Gasteiger partial charge in [-0.25, -0.2) is 0 Å². The predicted molar refractivity (Wildman–Crippen MR) is 116 cm³/mol. The Bertz CT molecular complexity index is 413. The molecular formula is C15H39O3PSi4. The van der Waals surface area contributed by atoms with Gasteiger partial charge in [-0.3, -0.25) is 4.57 Å². The molecule has 0 N–H and O–H groups in total. The third kappa shape index (κ3) is 5.36. The second-order valence-corrected chi connectivity index (χ2v) is 51.7. The van der Waals surface area contributed by atoms with Gasteiger partial charge in [-0.1, -0.05) is 64.6 Å². The van der Waals surface area contributed by atoms with Crippen LogP contribution in [0.5, 0.6) is 0 Å². The van der Waals surface area contributed by atoms with Crippen molar-refractivity contribution in [1.82, 2.24) is 0 Å². The highest BCUT2D eigenvalue weighted by Gasteiger charge is 2.60. The Morgan fingerprint density at radius 3 is 1.26 bits per heavy atom. The Morgan fingerprint density at radius 1 is 0.739 bits per heavy atom. The van der Waals surface area contributed by atoms with Crippen molar-refractivity contribution in [3.05, 3.63) is 11.5 Å². The van der Waals surface area contributed by atoms with Crippen molar-refractivity contribution in [3.63, 3.8) is 0 Å². The first-order chi connectivity index (χ1) is 10.1. The standard InChI is InChI=1S/C15H39O3PSi4/c1-12-17-19(16,18-13-2)14-15-23(20(3,4)5,21(6,7)8)22(9,10)11/h14-15H,12-13H2,1-11H3. The van der Waals surface area contributed by atoms with E-state index < -0.39 is 37.0 Å². The lowest BCUT2D eigenvalue weighted by Gasteiger charge is -2.55. The molecule has 0 bridgehead atoms. The van der Waals surface area contributed by atoms with Gasteiger partial charge in [0.1, 0.15) is 0 Å². The Morgan fingerprint density at radius 2 is 1.04 bits per heavy atom. The summed E-state index contributed by atoms with van der Waals surface area (Å²) in [5.74, 6) is 1.86. The molecule has 0 rings (SSSR count). The third-order valence-electron chi connectivity index (χ3n) is 4.67. The molecule has 138 valence electrons. The summed E-state index contributed by atoms with van der Waals surface area (Å²) >= 11 is 0. The van der Waals surface area contributed by atoms with Gasteiger partial charge in [0, 0.05) is 28.6 Å². The van der Waals surface area contributed by atoms with Crippen LogP contribution in [-0.4, -0.2) is 42.6 Å². The minimum absolute atomic E-state index is 0.420. The third-order valence-corrected chi connectivity index (χ3v) is 77.8. The normalized spacial score (nSPS) is 15.4. The molecule has 0 saturated heterocycles. The van der Waals surface area contributed by atoms with E-state index in [1.807, 2.05) is 19.7 Å². The van der Waals surface area contributed by atoms with Gasteiger partial charge in [0.05, 0.1) is 19.8 Å². The van der Waals surface area contributed by atoms with E-state index in [1.54, 1.807) is 0 Å². The Kier molecular flexibility index (Phi) is 8.24. The SMILES string of the molecule is CCOP(=O)(C=C[Si]([Si](C)(C)C)([Si](C)(C)C)[Si](C)(C)C)OCC. The average molecular weight is 411 g/mol. The molecule has 0 aromatic rings. The highest BCUT2D eigenvalue weighted by atomic mass is 31.2. The fourth-order valence-corrected chi connectivity index (χ4v) is 103. The van der Waals surface area contributed by atoms with Gasteiger partial charge in [0.2, 0.25) is 0 Å². The molecule has 0 amide bonds. The van der Waals surface area contributed by atoms with E-state index in [1.165, 1.54) is 0 Å². The van der Waals surface area contributed by atoms with E-state index >= 15 is 0 Å². The summed E-state index contributed by atoms with van der Waals surface area (Å²) in [6.07, 6.45) is 0. The zero-order valence-electron chi connectivity index (χ0n) is 17.2. The summed E-state index contributed by atoms with van der Waals surface area (Å²) in [5, 5.41) is 0. The van der Waals surface area contributed by atoms with Crippen molar-refractivity contribution in [2.75, 3.05) is 13.2 Å². The van der Waals surface area contributed by atoms with Crippen molar-refractivity contribution in [2.24, 2.45) is 0 Å². The predicted octanol–water partition coefficient (Wildman–Crippen LogP) is 6.00. The van der Waals surface area contributed by atoms with Crippen molar-refractivity contribution in [3.8, 4) is 0 Å². The quantitative estimate of drug-likeness (QED) is 0.345. The van der Waals surface area contributed by atoms with Crippen LogP contribution >= 0.6 is 7.60 Å². The molecule has 0 aliphatic carbocycles. The number of hydrogen-bond donors (Lipinski definition) is 0. The molecule has 3 nitrogen and oxygen atoms in total. The highest BCUT2D eigenvalue weighted by molar-refractivity contribution is 7.91. The molecule has 0 atom stereocenters. The molecule has 0 saturated carbocycles. The van der Waals surface area contributed by atoms with Crippen LogP contribution in [0.1, 0.15) is 13.8 Å². The van der Waals surface area contributed by atoms with Crippen LogP contribution in [0.2, 0.25) is 58.9 Å². The van der Waals surface area contributed by atoms with Crippen LogP contribution in [0.15, 0.2) is 11.5 Å². The summed E-state index contributed by atoms with van der Waals surface area (Å²) < 4.78 is 24.0. The molecule has 8 heteroatoms. The lowest BCUT2D eigenvalue weighted by atomic mass is 10.9. The molecule has 23 heavy (non-hydrogen) atoms. The molecule has 0 fully saturated rings. The summed E-state index contributed by atoms with van der Waals surface area (Å²) in [4.78, 5) is 0. The zero-order chi connectivity index (χ0) is 18.7. The highest BCUT2D eigenvalue weighted by Crippen LogP contribution is 2.51. The van der Waals surface area contributed by atoms with E-state index in [-0.39, 0.29) is 0 Å². The van der Waals surface area contributed by atoms with Crippen LogP contribution in [0.4, 0.5) is 0 Å². The molecule has 0 aliphatic heterocycles. The molecule has 0 spiro atoms. The minimum Gasteiger partial charge on any atom is -0.306 e. The molecule has 0 heterocycles. The molecule has 0 aromatic carbocycles. The Balaban J connectivity index is 6.31. The van der Waals surface area contributed by atoms with Crippen molar-refractivity contribution >= 4 is 37.0 Å². The van der Waals surface area contributed by atoms with Crippen molar-refractivity contribution < 1.29 is 13.6 Å². The number of hydrogen-bond acceptors (Lipinski definition) is 3. The summed E-state index contributed by atoms with van der Waals surface area (Å²) in [5.41, 5.74) is 2.43. The van der Waals surface area contributed by atoms with Crippen LogP contribution in [0.25, 0.3) is 0 Å². The monoisotopic (exact) mass is 410 g/mol.